The van der Waals surface area contributed by atoms with Crippen LogP contribution >= 0.6 is 0 Å². The topological polar surface area (TPSA) is 37.9 Å². The number of hydrogen-bond donors (Lipinski definition) is 2. The third kappa shape index (κ3) is 8.62. The van der Waals surface area contributed by atoms with E-state index >= 15 is 0 Å². The number of rotatable bonds is 9. The summed E-state index contributed by atoms with van der Waals surface area (Å²) in [4.78, 5) is 0. The van der Waals surface area contributed by atoms with Crippen molar-refractivity contribution in [1.82, 2.24) is 0 Å². The van der Waals surface area contributed by atoms with Crippen molar-refractivity contribution in [2.75, 3.05) is 26.0 Å². The first-order chi connectivity index (χ1) is 14.6. The first-order valence-electron chi connectivity index (χ1n) is 11.6. The average Bonchev–Trinajstić information content (AvgIpc) is 2.80. The number of allylic oxidation sites excluding steroid dienone is 1. The van der Waals surface area contributed by atoms with E-state index in [1.807, 2.05) is 27.7 Å². The number of nitrogens with two attached hydrogens (primary N) is 1. The molecule has 0 saturated heterocycles. The Hall–Kier alpha value is -2.26. The van der Waals surface area contributed by atoms with Crippen LogP contribution in [0.1, 0.15) is 77.0 Å². The van der Waals surface area contributed by atoms with Crippen molar-refractivity contribution in [2.45, 2.75) is 67.2 Å². The van der Waals surface area contributed by atoms with E-state index in [0.717, 1.165) is 36.4 Å². The zero-order chi connectivity index (χ0) is 22.9. The van der Waals surface area contributed by atoms with Gasteiger partial charge < -0.3 is 15.4 Å². The molecule has 168 valence electrons. The Morgan fingerprint density at radius 3 is 2.30 bits per heavy atom. The first kappa shape index (κ1) is 27.7. The molecule has 0 saturated carbocycles. The largest absolute Gasteiger partial charge is 0.496 e. The molecule has 2 rings (SSSR count). The van der Waals surface area contributed by atoms with Crippen molar-refractivity contribution in [3.05, 3.63) is 59.2 Å². The van der Waals surface area contributed by atoms with Crippen LogP contribution in [0.2, 0.25) is 0 Å². The van der Waals surface area contributed by atoms with E-state index in [1.165, 1.54) is 16.8 Å². The molecule has 0 heterocycles. The van der Waals surface area contributed by atoms with Crippen LogP contribution in [0.3, 0.4) is 0 Å². The van der Waals surface area contributed by atoms with Gasteiger partial charge in [-0.25, -0.2) is 0 Å². The minimum Gasteiger partial charge on any atom is -0.496 e. The summed E-state index contributed by atoms with van der Waals surface area (Å²) in [5.41, 5.74) is 6.34. The van der Waals surface area contributed by atoms with Gasteiger partial charge in [0.05, 0.1) is 14.2 Å². The molecule has 1 atom stereocenters. The van der Waals surface area contributed by atoms with Gasteiger partial charge in [-0.05, 0) is 56.9 Å². The average molecular weight is 414 g/mol. The Balaban J connectivity index is 0.00000198. The molecule has 2 aromatic carbocycles. The Kier molecular flexibility index (Phi) is 15.3. The zero-order valence-electron chi connectivity index (χ0n) is 20.8. The van der Waals surface area contributed by atoms with Crippen LogP contribution in [0.4, 0.5) is 11.4 Å². The highest BCUT2D eigenvalue weighted by Crippen LogP contribution is 2.30. The first-order valence-corrected chi connectivity index (χ1v) is 11.6. The fraction of sp³-hybridized carbons (Fsp3) is 0.481. The molecule has 30 heavy (non-hydrogen) atoms. The number of ether oxygens (including phenoxy) is 1. The number of hydrogen-bond acceptors (Lipinski definition) is 2. The minimum atomic E-state index is 0.532. The van der Waals surface area contributed by atoms with Crippen LogP contribution in [-0.4, -0.2) is 20.7 Å². The monoisotopic (exact) mass is 413 g/mol. The number of methoxy groups -OCH3 is 1. The number of nitrogens with one attached hydrogen (secondary N) is 1. The lowest BCUT2D eigenvalue weighted by molar-refractivity contribution is -0.540. The molecule has 3 N–H and O–H groups in total. The highest BCUT2D eigenvalue weighted by molar-refractivity contribution is 5.63. The summed E-state index contributed by atoms with van der Waals surface area (Å²) in [6.07, 6.45) is 6.62. The van der Waals surface area contributed by atoms with Gasteiger partial charge in [-0.1, -0.05) is 58.4 Å². The van der Waals surface area contributed by atoms with Crippen LogP contribution < -0.4 is 15.4 Å². The number of aryl methyl sites for hydroxylation is 1. The standard InChI is InChI=1S/C23H32N2O.2C2H6/c1-6-18(21-15-17(3)11-14-22(21)24-4)9-8-10-19-12-13-20(25-7-2)16-23(19)26-5;2*1-2/h8,10-16,18,24-25H,6-7,9H2,1-5H3;2*1-2H3/p+1/b10-8+;;. The van der Waals surface area contributed by atoms with Gasteiger partial charge in [0.1, 0.15) is 11.4 Å². The van der Waals surface area contributed by atoms with E-state index < -0.39 is 0 Å². The maximum atomic E-state index is 5.56. The molecule has 3 heteroatoms. The molecule has 0 aliphatic carbocycles. The molecule has 0 amide bonds. The lowest BCUT2D eigenvalue weighted by Gasteiger charge is -2.16. The molecule has 0 aromatic heterocycles. The maximum absolute atomic E-state index is 5.56. The summed E-state index contributed by atoms with van der Waals surface area (Å²) in [6.45, 7) is 15.4. The van der Waals surface area contributed by atoms with Crippen molar-refractivity contribution in [2.24, 2.45) is 0 Å². The summed E-state index contributed by atoms with van der Waals surface area (Å²) in [6, 6.07) is 13.0. The molecule has 3 nitrogen and oxygen atoms in total. The van der Waals surface area contributed by atoms with Crippen LogP contribution in [-0.2, 0) is 0 Å². The maximum Gasteiger partial charge on any atom is 0.132 e. The predicted molar refractivity (Wildman–Crippen MR) is 135 cm³/mol. The van der Waals surface area contributed by atoms with Crippen LogP contribution in [0.25, 0.3) is 6.08 Å². The Labute approximate surface area is 185 Å². The molecular formula is C27H45N2O+. The normalized spacial score (nSPS) is 11.1. The second kappa shape index (κ2) is 16.5. The van der Waals surface area contributed by atoms with Crippen LogP contribution in [0.5, 0.6) is 5.75 Å². The van der Waals surface area contributed by atoms with E-state index in [1.54, 1.807) is 7.11 Å². The third-order valence-electron chi connectivity index (χ3n) is 4.82. The van der Waals surface area contributed by atoms with E-state index in [0.29, 0.717) is 5.92 Å². The summed E-state index contributed by atoms with van der Waals surface area (Å²) < 4.78 is 5.56. The van der Waals surface area contributed by atoms with Crippen molar-refractivity contribution >= 4 is 17.5 Å². The SMILES string of the molecule is CC.CC.CCNc1ccc(/C=C/CC(CC)c2cc(C)ccc2[NH2+]C)c(OC)c1. The second-order valence-electron chi connectivity index (χ2n) is 6.65. The van der Waals surface area contributed by atoms with Gasteiger partial charge in [0.25, 0.3) is 0 Å². The summed E-state index contributed by atoms with van der Waals surface area (Å²) in [5.74, 6) is 1.44. The number of benzene rings is 2. The van der Waals surface area contributed by atoms with Crippen molar-refractivity contribution in [3.63, 3.8) is 0 Å². The highest BCUT2D eigenvalue weighted by Gasteiger charge is 2.14. The fourth-order valence-electron chi connectivity index (χ4n) is 3.35. The highest BCUT2D eigenvalue weighted by atomic mass is 16.5. The molecule has 0 radical (unpaired) electrons. The Morgan fingerprint density at radius 1 is 1.03 bits per heavy atom. The van der Waals surface area contributed by atoms with Gasteiger partial charge in [-0.2, -0.15) is 0 Å². The van der Waals surface area contributed by atoms with Crippen molar-refractivity contribution in [3.8, 4) is 5.75 Å². The lowest BCUT2D eigenvalue weighted by atomic mass is 9.90. The molecule has 1 unspecified atom stereocenters. The van der Waals surface area contributed by atoms with Crippen molar-refractivity contribution in [1.29, 1.82) is 0 Å². The third-order valence-corrected chi connectivity index (χ3v) is 4.82. The smallest absolute Gasteiger partial charge is 0.132 e. The Morgan fingerprint density at radius 2 is 1.73 bits per heavy atom. The van der Waals surface area contributed by atoms with E-state index in [2.05, 4.69) is 87.0 Å². The summed E-state index contributed by atoms with van der Waals surface area (Å²) >= 11 is 0. The molecule has 0 fully saturated rings. The van der Waals surface area contributed by atoms with Crippen LogP contribution in [0.15, 0.2) is 42.5 Å². The number of quaternary nitrogens is 1. The van der Waals surface area contributed by atoms with Gasteiger partial charge in [0, 0.05) is 29.4 Å². The van der Waals surface area contributed by atoms with Gasteiger partial charge >= 0.3 is 0 Å². The van der Waals surface area contributed by atoms with Crippen molar-refractivity contribution < 1.29 is 10.1 Å². The molecule has 2 aromatic rings. The predicted octanol–water partition coefficient (Wildman–Crippen LogP) is 6.91. The lowest BCUT2D eigenvalue weighted by Crippen LogP contribution is -2.73. The second-order valence-corrected chi connectivity index (χ2v) is 6.65. The molecule has 0 bridgehead atoms. The van der Waals surface area contributed by atoms with E-state index in [4.69, 9.17) is 4.74 Å². The van der Waals surface area contributed by atoms with E-state index in [9.17, 15) is 0 Å². The zero-order valence-corrected chi connectivity index (χ0v) is 20.8. The summed E-state index contributed by atoms with van der Waals surface area (Å²) in [7, 11) is 3.85. The summed E-state index contributed by atoms with van der Waals surface area (Å²) in [5, 5.41) is 5.54. The van der Waals surface area contributed by atoms with E-state index in [-0.39, 0.29) is 0 Å². The number of anilines is 1. The minimum absolute atomic E-state index is 0.532. The van der Waals surface area contributed by atoms with Gasteiger partial charge in [-0.3, -0.25) is 0 Å². The van der Waals surface area contributed by atoms with Crippen LogP contribution in [0, 0.1) is 6.92 Å². The Bertz CT molecular complexity index is 738. The molecular weight excluding hydrogens is 368 g/mol. The van der Waals surface area contributed by atoms with Gasteiger partial charge in [-0.15, -0.1) is 0 Å². The van der Waals surface area contributed by atoms with Gasteiger partial charge in [0.15, 0.2) is 0 Å². The quantitative estimate of drug-likeness (QED) is 0.438. The molecule has 0 spiro atoms. The molecule has 0 aliphatic rings. The fourth-order valence-corrected chi connectivity index (χ4v) is 3.35. The molecule has 0 aliphatic heterocycles. The van der Waals surface area contributed by atoms with Gasteiger partial charge in [0.2, 0.25) is 0 Å².